The standard InChI is InChI=1S/C20H20F6N6O2/c1-11-13(8-29-32(11)10-20(24,25)26)18(34)28-9-16-30-14-3-2-12(6-15(14)31-16)7-27-17(33)4-5-19(21,22)23/h2-3,6,8H,4-5,7,9-10H2,1H3,(H,27,33)(H,28,34)(H,30,31). The number of aromatic amines is 1. The maximum absolute atomic E-state index is 12.6. The van der Waals surface area contributed by atoms with Crippen molar-refractivity contribution in [3.05, 3.63) is 47.0 Å². The third-order valence-electron chi connectivity index (χ3n) is 4.81. The third-order valence-corrected chi connectivity index (χ3v) is 4.81. The van der Waals surface area contributed by atoms with Gasteiger partial charge in [-0.15, -0.1) is 0 Å². The van der Waals surface area contributed by atoms with E-state index in [2.05, 4.69) is 25.7 Å². The molecule has 0 aliphatic carbocycles. The van der Waals surface area contributed by atoms with E-state index < -0.39 is 43.6 Å². The normalized spacial score (nSPS) is 12.2. The zero-order chi connectivity index (χ0) is 25.1. The Labute approximate surface area is 188 Å². The van der Waals surface area contributed by atoms with Crippen molar-refractivity contribution in [1.82, 2.24) is 30.4 Å². The predicted octanol–water partition coefficient (Wildman–Crippen LogP) is 3.52. The van der Waals surface area contributed by atoms with Crippen LogP contribution in [0.5, 0.6) is 0 Å². The van der Waals surface area contributed by atoms with Gasteiger partial charge in [-0.05, 0) is 24.6 Å². The molecule has 2 aromatic heterocycles. The molecule has 0 atom stereocenters. The van der Waals surface area contributed by atoms with Crippen LogP contribution >= 0.6 is 0 Å². The summed E-state index contributed by atoms with van der Waals surface area (Å²) < 4.78 is 74.9. The van der Waals surface area contributed by atoms with Crippen molar-refractivity contribution in [2.24, 2.45) is 0 Å². The first-order valence-electron chi connectivity index (χ1n) is 9.99. The van der Waals surface area contributed by atoms with Crippen LogP contribution in [0.2, 0.25) is 0 Å². The van der Waals surface area contributed by atoms with Gasteiger partial charge < -0.3 is 15.6 Å². The second-order valence-electron chi connectivity index (χ2n) is 7.53. The number of alkyl halides is 6. The molecule has 14 heteroatoms. The van der Waals surface area contributed by atoms with Crippen molar-refractivity contribution in [3.8, 4) is 0 Å². The van der Waals surface area contributed by atoms with E-state index in [4.69, 9.17) is 0 Å². The lowest BCUT2D eigenvalue weighted by Crippen LogP contribution is -2.24. The number of aromatic nitrogens is 4. The van der Waals surface area contributed by atoms with Crippen LogP contribution in [0.3, 0.4) is 0 Å². The number of H-pyrrole nitrogens is 1. The molecule has 0 unspecified atom stereocenters. The fraction of sp³-hybridized carbons (Fsp3) is 0.400. The summed E-state index contributed by atoms with van der Waals surface area (Å²) in [7, 11) is 0. The summed E-state index contributed by atoms with van der Waals surface area (Å²) in [5, 5.41) is 8.57. The highest BCUT2D eigenvalue weighted by Crippen LogP contribution is 2.21. The van der Waals surface area contributed by atoms with Crippen LogP contribution < -0.4 is 10.6 Å². The first-order valence-corrected chi connectivity index (χ1v) is 9.99. The van der Waals surface area contributed by atoms with Gasteiger partial charge in [0.15, 0.2) is 0 Å². The van der Waals surface area contributed by atoms with Gasteiger partial charge in [0, 0.05) is 18.7 Å². The van der Waals surface area contributed by atoms with E-state index in [1.54, 1.807) is 18.2 Å². The highest BCUT2D eigenvalue weighted by molar-refractivity contribution is 5.95. The Hall–Kier alpha value is -3.58. The molecule has 3 aromatic rings. The summed E-state index contributed by atoms with van der Waals surface area (Å²) in [5.41, 5.74) is 1.82. The Kier molecular flexibility index (Phi) is 7.17. The number of carbonyl (C=O) groups is 2. The quantitative estimate of drug-likeness (QED) is 0.421. The van der Waals surface area contributed by atoms with Crippen LogP contribution in [0.4, 0.5) is 26.3 Å². The van der Waals surface area contributed by atoms with E-state index in [1.165, 1.54) is 6.92 Å². The van der Waals surface area contributed by atoms with Gasteiger partial charge in [0.2, 0.25) is 5.91 Å². The molecule has 0 aliphatic rings. The number of benzene rings is 1. The van der Waals surface area contributed by atoms with Crippen molar-refractivity contribution in [2.75, 3.05) is 0 Å². The Morgan fingerprint density at radius 2 is 1.79 bits per heavy atom. The van der Waals surface area contributed by atoms with Crippen LogP contribution in [-0.4, -0.2) is 43.9 Å². The molecule has 0 saturated heterocycles. The van der Waals surface area contributed by atoms with Crippen LogP contribution in [0, 0.1) is 6.92 Å². The Balaban J connectivity index is 1.57. The average Bonchev–Trinajstić information content (AvgIpc) is 3.30. The smallest absolute Gasteiger partial charge is 0.352 e. The summed E-state index contributed by atoms with van der Waals surface area (Å²) in [6.07, 6.45) is -9.67. The highest BCUT2D eigenvalue weighted by Gasteiger charge is 2.30. The number of nitrogens with zero attached hydrogens (tertiary/aromatic N) is 3. The summed E-state index contributed by atoms with van der Waals surface area (Å²) in [6, 6.07) is 4.94. The second-order valence-corrected chi connectivity index (χ2v) is 7.53. The van der Waals surface area contributed by atoms with Crippen molar-refractivity contribution in [2.45, 2.75) is 51.8 Å². The lowest BCUT2D eigenvalue weighted by molar-refractivity contribution is -0.144. The van der Waals surface area contributed by atoms with Gasteiger partial charge in [0.05, 0.1) is 35.8 Å². The molecule has 0 aliphatic heterocycles. The molecule has 0 radical (unpaired) electrons. The molecule has 0 bridgehead atoms. The van der Waals surface area contributed by atoms with E-state index in [0.29, 0.717) is 27.1 Å². The third kappa shape index (κ3) is 6.96. The van der Waals surface area contributed by atoms with Crippen molar-refractivity contribution >= 4 is 22.8 Å². The lowest BCUT2D eigenvalue weighted by atomic mass is 10.2. The number of nitrogens with one attached hydrogen (secondary N) is 3. The molecule has 1 aromatic carbocycles. The van der Waals surface area contributed by atoms with E-state index >= 15 is 0 Å². The van der Waals surface area contributed by atoms with Gasteiger partial charge >= 0.3 is 12.4 Å². The van der Waals surface area contributed by atoms with E-state index in [0.717, 1.165) is 6.20 Å². The fourth-order valence-corrected chi connectivity index (χ4v) is 3.11. The maximum Gasteiger partial charge on any atom is 0.408 e. The van der Waals surface area contributed by atoms with E-state index in [1.807, 2.05) is 0 Å². The molecule has 0 spiro atoms. The molecule has 2 heterocycles. The number of hydrogen-bond acceptors (Lipinski definition) is 4. The SMILES string of the molecule is Cc1c(C(=O)NCc2nc3ccc(CNC(=O)CCC(F)(F)F)cc3[nH]2)cnn1CC(F)(F)F. The second kappa shape index (κ2) is 9.73. The van der Waals surface area contributed by atoms with Crippen LogP contribution in [0.1, 0.15) is 40.3 Å². The van der Waals surface area contributed by atoms with Crippen LogP contribution in [0.15, 0.2) is 24.4 Å². The molecule has 0 saturated carbocycles. The van der Waals surface area contributed by atoms with Crippen molar-refractivity contribution in [3.63, 3.8) is 0 Å². The molecule has 34 heavy (non-hydrogen) atoms. The summed E-state index contributed by atoms with van der Waals surface area (Å²) in [5.74, 6) is -0.969. The molecule has 8 nitrogen and oxygen atoms in total. The molecule has 184 valence electrons. The van der Waals surface area contributed by atoms with E-state index in [9.17, 15) is 35.9 Å². The number of halogens is 6. The minimum Gasteiger partial charge on any atom is -0.352 e. The fourth-order valence-electron chi connectivity index (χ4n) is 3.11. The number of rotatable bonds is 8. The summed E-state index contributed by atoms with van der Waals surface area (Å²) in [4.78, 5) is 31.2. The lowest BCUT2D eigenvalue weighted by Gasteiger charge is -2.08. The summed E-state index contributed by atoms with van der Waals surface area (Å²) in [6.45, 7) is 0.0406. The van der Waals surface area contributed by atoms with Crippen LogP contribution in [-0.2, 0) is 24.4 Å². The number of imidazole rings is 1. The largest absolute Gasteiger partial charge is 0.408 e. The molecule has 0 fully saturated rings. The molecule has 3 rings (SSSR count). The van der Waals surface area contributed by atoms with Gasteiger partial charge in [-0.3, -0.25) is 14.3 Å². The molecule has 2 amide bonds. The Morgan fingerprint density at radius 1 is 1.06 bits per heavy atom. The number of carbonyl (C=O) groups excluding carboxylic acids is 2. The first kappa shape index (κ1) is 25.1. The van der Waals surface area contributed by atoms with Gasteiger partial charge in [-0.25, -0.2) is 4.98 Å². The van der Waals surface area contributed by atoms with Crippen LogP contribution in [0.25, 0.3) is 11.0 Å². The van der Waals surface area contributed by atoms with Gasteiger partial charge in [-0.2, -0.15) is 31.4 Å². The average molecular weight is 490 g/mol. The number of fused-ring (bicyclic) bond motifs is 1. The Morgan fingerprint density at radius 3 is 2.47 bits per heavy atom. The van der Waals surface area contributed by atoms with Gasteiger partial charge in [0.25, 0.3) is 5.91 Å². The van der Waals surface area contributed by atoms with Crippen molar-refractivity contribution < 1.29 is 35.9 Å². The zero-order valence-corrected chi connectivity index (χ0v) is 17.8. The number of hydrogen-bond donors (Lipinski definition) is 3. The highest BCUT2D eigenvalue weighted by atomic mass is 19.4. The van der Waals surface area contributed by atoms with Gasteiger partial charge in [0.1, 0.15) is 12.4 Å². The van der Waals surface area contributed by atoms with Crippen molar-refractivity contribution in [1.29, 1.82) is 0 Å². The molecular formula is C20H20F6N6O2. The molecular weight excluding hydrogens is 470 g/mol. The van der Waals surface area contributed by atoms with E-state index in [-0.39, 0.29) is 24.3 Å². The minimum atomic E-state index is -4.47. The monoisotopic (exact) mass is 490 g/mol. The Bertz CT molecular complexity index is 1180. The number of amides is 2. The predicted molar refractivity (Wildman–Crippen MR) is 107 cm³/mol. The topological polar surface area (TPSA) is 105 Å². The first-order chi connectivity index (χ1) is 15.8. The minimum absolute atomic E-state index is 0.00362. The maximum atomic E-state index is 12.6. The summed E-state index contributed by atoms with van der Waals surface area (Å²) >= 11 is 0. The van der Waals surface area contributed by atoms with Gasteiger partial charge in [-0.1, -0.05) is 6.07 Å². The molecule has 3 N–H and O–H groups in total. The zero-order valence-electron chi connectivity index (χ0n) is 17.8.